The van der Waals surface area contributed by atoms with Crippen LogP contribution >= 0.6 is 11.3 Å². The maximum atomic E-state index is 13.8. The highest BCUT2D eigenvalue weighted by atomic mass is 32.1. The fourth-order valence-electron chi connectivity index (χ4n) is 6.29. The summed E-state index contributed by atoms with van der Waals surface area (Å²) < 4.78 is 2.85. The minimum Gasteiger partial charge on any atom is -0.340 e. The van der Waals surface area contributed by atoms with Gasteiger partial charge in [-0.1, -0.05) is 6.92 Å². The number of rotatable bonds is 4. The van der Waals surface area contributed by atoms with Crippen molar-refractivity contribution in [1.29, 1.82) is 0 Å². The normalized spacial score (nSPS) is 22.8. The van der Waals surface area contributed by atoms with Crippen LogP contribution in [0.4, 0.5) is 22.0 Å². The van der Waals surface area contributed by atoms with Gasteiger partial charge >= 0.3 is 6.03 Å². The molecule has 2 aliphatic rings. The number of carbonyl (C=O) groups is 1. The van der Waals surface area contributed by atoms with Gasteiger partial charge in [0.2, 0.25) is 0 Å². The molecule has 2 atom stereocenters. The van der Waals surface area contributed by atoms with Gasteiger partial charge in [-0.05, 0) is 63.3 Å². The van der Waals surface area contributed by atoms with E-state index in [-0.39, 0.29) is 17.0 Å². The third kappa shape index (κ3) is 3.91. The smallest absolute Gasteiger partial charge is 0.321 e. The number of benzene rings is 2. The molecule has 0 radical (unpaired) electrons. The highest BCUT2D eigenvalue weighted by Crippen LogP contribution is 2.50. The molecular weight excluding hydrogens is 522 g/mol. The van der Waals surface area contributed by atoms with Crippen LogP contribution in [-0.2, 0) is 7.05 Å². The van der Waals surface area contributed by atoms with Crippen molar-refractivity contribution in [2.24, 2.45) is 12.5 Å². The molecule has 204 valence electrons. The summed E-state index contributed by atoms with van der Waals surface area (Å²) >= 11 is 1.60. The molecule has 2 amide bonds. The van der Waals surface area contributed by atoms with E-state index in [1.54, 1.807) is 22.3 Å². The number of likely N-dealkylation sites (tertiary alicyclic amines) is 2. The third-order valence-corrected chi connectivity index (χ3v) is 9.86. The van der Waals surface area contributed by atoms with Crippen LogP contribution in [0, 0.1) is 5.41 Å². The first-order valence-corrected chi connectivity index (χ1v) is 14.3. The van der Waals surface area contributed by atoms with Crippen molar-refractivity contribution in [3.63, 3.8) is 0 Å². The van der Waals surface area contributed by atoms with Gasteiger partial charge in [-0.3, -0.25) is 9.58 Å². The lowest BCUT2D eigenvalue weighted by Gasteiger charge is -2.37. The molecule has 2 saturated heterocycles. The first-order valence-electron chi connectivity index (χ1n) is 13.4. The van der Waals surface area contributed by atoms with Crippen molar-refractivity contribution in [2.45, 2.75) is 25.8 Å². The lowest BCUT2D eigenvalue weighted by atomic mass is 9.75. The second-order valence-electron chi connectivity index (χ2n) is 11.5. The van der Waals surface area contributed by atoms with Crippen molar-refractivity contribution in [1.82, 2.24) is 34.5 Å². The Morgan fingerprint density at radius 3 is 2.70 bits per heavy atom. The number of hydrogen-bond donors (Lipinski definition) is 2. The van der Waals surface area contributed by atoms with Gasteiger partial charge in [-0.15, -0.1) is 11.3 Å². The number of carbonyl (C=O) groups excluding carboxylic acids is 1. The van der Waals surface area contributed by atoms with Crippen molar-refractivity contribution in [3.05, 3.63) is 54.4 Å². The van der Waals surface area contributed by atoms with E-state index in [9.17, 15) is 4.79 Å². The first-order chi connectivity index (χ1) is 19.2. The number of urea groups is 1. The van der Waals surface area contributed by atoms with E-state index < -0.39 is 0 Å². The SMILES string of the molecule is CN1CC[C@]2(C)CN(C(=O)Nc3cc4c(Nc5ccc6ncsc6c5)ncnc4cc3-c3ccn(C)n3)CC12C. The number of nitrogens with zero attached hydrogens (tertiary/aromatic N) is 7. The third-order valence-electron chi connectivity index (χ3n) is 9.07. The molecule has 5 heterocycles. The van der Waals surface area contributed by atoms with Crippen molar-refractivity contribution < 1.29 is 4.79 Å². The molecule has 0 saturated carbocycles. The Bertz CT molecular complexity index is 1780. The van der Waals surface area contributed by atoms with Gasteiger partial charge < -0.3 is 15.5 Å². The Kier molecular flexibility index (Phi) is 5.59. The fourth-order valence-corrected chi connectivity index (χ4v) is 7.00. The zero-order valence-corrected chi connectivity index (χ0v) is 23.8. The molecule has 1 unspecified atom stereocenters. The molecule has 10 nitrogen and oxygen atoms in total. The van der Waals surface area contributed by atoms with Crippen LogP contribution in [0.5, 0.6) is 0 Å². The van der Waals surface area contributed by atoms with Crippen molar-refractivity contribution in [3.8, 4) is 11.3 Å². The van der Waals surface area contributed by atoms with Crippen LogP contribution < -0.4 is 10.6 Å². The van der Waals surface area contributed by atoms with E-state index in [2.05, 4.69) is 62.5 Å². The Morgan fingerprint density at radius 2 is 1.90 bits per heavy atom. The van der Waals surface area contributed by atoms with E-state index in [0.717, 1.165) is 57.6 Å². The topological polar surface area (TPSA) is 104 Å². The van der Waals surface area contributed by atoms with E-state index in [1.165, 1.54) is 0 Å². The summed E-state index contributed by atoms with van der Waals surface area (Å²) in [6, 6.07) is 11.8. The summed E-state index contributed by atoms with van der Waals surface area (Å²) in [5, 5.41) is 12.1. The Balaban J connectivity index is 1.26. The number of hydrogen-bond acceptors (Lipinski definition) is 8. The van der Waals surface area contributed by atoms with Crippen LogP contribution in [0.2, 0.25) is 0 Å². The largest absolute Gasteiger partial charge is 0.340 e. The molecule has 2 aliphatic heterocycles. The van der Waals surface area contributed by atoms with Crippen LogP contribution in [0.3, 0.4) is 0 Å². The average Bonchev–Trinajstić information content (AvgIpc) is 3.68. The molecule has 2 N–H and O–H groups in total. The zero-order chi connectivity index (χ0) is 27.6. The van der Waals surface area contributed by atoms with E-state index in [0.29, 0.717) is 18.1 Å². The van der Waals surface area contributed by atoms with Crippen LogP contribution in [0.25, 0.3) is 32.4 Å². The quantitative estimate of drug-likeness (QED) is 0.310. The zero-order valence-electron chi connectivity index (χ0n) is 23.0. The summed E-state index contributed by atoms with van der Waals surface area (Å²) in [5.74, 6) is 0.661. The van der Waals surface area contributed by atoms with Gasteiger partial charge in [0.25, 0.3) is 0 Å². The van der Waals surface area contributed by atoms with Crippen LogP contribution in [0.15, 0.2) is 54.4 Å². The molecule has 3 aromatic heterocycles. The number of fused-ring (bicyclic) bond motifs is 3. The van der Waals surface area contributed by atoms with Gasteiger partial charge in [0.1, 0.15) is 12.1 Å². The predicted molar refractivity (Wildman–Crippen MR) is 159 cm³/mol. The highest BCUT2D eigenvalue weighted by molar-refractivity contribution is 7.16. The molecule has 7 rings (SSSR count). The Morgan fingerprint density at radius 1 is 1.02 bits per heavy atom. The number of aryl methyl sites for hydroxylation is 1. The number of nitrogens with one attached hydrogen (secondary N) is 2. The van der Waals surface area contributed by atoms with Crippen molar-refractivity contribution >= 4 is 55.7 Å². The predicted octanol–water partition coefficient (Wildman–Crippen LogP) is 5.33. The Hall–Kier alpha value is -4.09. The molecule has 40 heavy (non-hydrogen) atoms. The maximum absolute atomic E-state index is 13.8. The number of thiazole rings is 1. The fraction of sp³-hybridized carbons (Fsp3) is 0.345. The number of likely N-dealkylation sites (N-methyl/N-ethyl adjacent to an activating group) is 1. The molecule has 0 bridgehead atoms. The summed E-state index contributed by atoms with van der Waals surface area (Å²) in [4.78, 5) is 31.6. The van der Waals surface area contributed by atoms with E-state index >= 15 is 0 Å². The van der Waals surface area contributed by atoms with Gasteiger partial charge in [0.05, 0.1) is 32.6 Å². The average molecular weight is 554 g/mol. The van der Waals surface area contributed by atoms with Crippen LogP contribution in [-0.4, -0.2) is 72.8 Å². The lowest BCUT2D eigenvalue weighted by Crippen LogP contribution is -2.48. The summed E-state index contributed by atoms with van der Waals surface area (Å²) in [6.07, 6.45) is 4.53. The molecule has 2 aromatic carbocycles. The van der Waals surface area contributed by atoms with Crippen LogP contribution in [0.1, 0.15) is 20.3 Å². The molecular formula is C29H31N9OS. The first kappa shape index (κ1) is 24.9. The standard InChI is InChI=1S/C29H31N9OS/c1-28-8-10-36(3)29(28,2)15-38(14-28)27(39)34-24-13-20-23(12-19(24)21-7-9-37(4)35-21)30-16-31-26(20)33-18-5-6-22-25(11-18)40-17-32-22/h5-7,9,11-13,16-17H,8,10,14-15H2,1-4H3,(H,34,39)(H,30,31,33)/t28-,29?/m1/s1. The summed E-state index contributed by atoms with van der Waals surface area (Å²) in [7, 11) is 4.05. The molecule has 11 heteroatoms. The van der Waals surface area contributed by atoms with E-state index in [1.807, 2.05) is 54.0 Å². The second kappa shape index (κ2) is 8.97. The number of amides is 2. The van der Waals surface area contributed by atoms with E-state index in [4.69, 9.17) is 0 Å². The summed E-state index contributed by atoms with van der Waals surface area (Å²) in [5.41, 5.74) is 6.75. The molecule has 0 spiro atoms. The minimum atomic E-state index is -0.108. The van der Waals surface area contributed by atoms with Gasteiger partial charge in [0.15, 0.2) is 0 Å². The van der Waals surface area contributed by atoms with Gasteiger partial charge in [0, 0.05) is 53.9 Å². The maximum Gasteiger partial charge on any atom is 0.321 e. The van der Waals surface area contributed by atoms with Gasteiger partial charge in [-0.2, -0.15) is 5.10 Å². The highest BCUT2D eigenvalue weighted by Gasteiger charge is 2.58. The second-order valence-corrected chi connectivity index (χ2v) is 12.4. The Labute approximate surface area is 236 Å². The van der Waals surface area contributed by atoms with Gasteiger partial charge in [-0.25, -0.2) is 19.7 Å². The summed E-state index contributed by atoms with van der Waals surface area (Å²) in [6.45, 7) is 7.05. The minimum absolute atomic E-state index is 0.0400. The molecule has 5 aromatic rings. The lowest BCUT2D eigenvalue weighted by molar-refractivity contribution is 0.132. The van der Waals surface area contributed by atoms with Crippen molar-refractivity contribution in [2.75, 3.05) is 37.3 Å². The molecule has 2 fully saturated rings. The monoisotopic (exact) mass is 553 g/mol. The molecule has 0 aliphatic carbocycles. The number of anilines is 3. The number of aromatic nitrogens is 5.